The van der Waals surface area contributed by atoms with E-state index < -0.39 is 0 Å². The lowest BCUT2D eigenvalue weighted by atomic mass is 10.2. The van der Waals surface area contributed by atoms with Gasteiger partial charge in [-0.3, -0.25) is 4.57 Å². The lowest BCUT2D eigenvalue weighted by Crippen LogP contribution is -2.23. The molecule has 0 unspecified atom stereocenters. The molecule has 0 radical (unpaired) electrons. The predicted octanol–water partition coefficient (Wildman–Crippen LogP) is 2.31. The maximum absolute atomic E-state index is 5.40. The Morgan fingerprint density at radius 2 is 2.27 bits per heavy atom. The normalized spacial score (nSPS) is 12.5. The molecule has 138 valence electrons. The number of nitrogens with zero attached hydrogens (tertiary/aromatic N) is 5. The average molecular weight is 374 g/mol. The fraction of sp³-hybridized carbons (Fsp3) is 0.353. The Hall–Kier alpha value is -2.65. The first-order valence-electron chi connectivity index (χ1n) is 8.42. The van der Waals surface area contributed by atoms with E-state index in [2.05, 4.69) is 30.6 Å². The molecule has 9 heteroatoms. The SMILES string of the molecule is CN(CCCNCc1ccc2c(c1)OCO2)c1nc(-n2ccnc2)ns1.[HH]. The van der Waals surface area contributed by atoms with E-state index in [0.717, 1.165) is 42.7 Å². The van der Waals surface area contributed by atoms with Crippen LogP contribution in [-0.4, -0.2) is 45.8 Å². The maximum Gasteiger partial charge on any atom is 0.248 e. The van der Waals surface area contributed by atoms with Crippen LogP contribution >= 0.6 is 11.5 Å². The van der Waals surface area contributed by atoms with Crippen molar-refractivity contribution in [3.63, 3.8) is 0 Å². The van der Waals surface area contributed by atoms with E-state index in [1.807, 2.05) is 25.4 Å². The number of hydrogen-bond acceptors (Lipinski definition) is 8. The van der Waals surface area contributed by atoms with Gasteiger partial charge in [-0.15, -0.1) is 0 Å². The van der Waals surface area contributed by atoms with Gasteiger partial charge in [-0.2, -0.15) is 9.36 Å². The van der Waals surface area contributed by atoms with Gasteiger partial charge in [0.05, 0.1) is 0 Å². The van der Waals surface area contributed by atoms with Crippen molar-refractivity contribution in [1.29, 1.82) is 0 Å². The van der Waals surface area contributed by atoms with E-state index in [0.29, 0.717) is 12.7 Å². The quantitative estimate of drug-likeness (QED) is 0.606. The van der Waals surface area contributed by atoms with Gasteiger partial charge >= 0.3 is 0 Å². The van der Waals surface area contributed by atoms with Gasteiger partial charge in [0.15, 0.2) is 11.5 Å². The van der Waals surface area contributed by atoms with E-state index in [1.54, 1.807) is 17.1 Å². The van der Waals surface area contributed by atoms with E-state index in [9.17, 15) is 0 Å². The van der Waals surface area contributed by atoms with Crippen molar-refractivity contribution in [2.24, 2.45) is 0 Å². The highest BCUT2D eigenvalue weighted by Gasteiger charge is 2.13. The Morgan fingerprint density at radius 1 is 1.35 bits per heavy atom. The zero-order chi connectivity index (χ0) is 17.8. The second-order valence-corrected chi connectivity index (χ2v) is 6.72. The molecule has 2 aromatic heterocycles. The number of imidazole rings is 1. The molecule has 0 spiro atoms. The molecule has 0 fully saturated rings. The van der Waals surface area contributed by atoms with Crippen molar-refractivity contribution in [2.75, 3.05) is 31.8 Å². The summed E-state index contributed by atoms with van der Waals surface area (Å²) in [5, 5.41) is 4.37. The molecule has 0 atom stereocenters. The van der Waals surface area contributed by atoms with Crippen LogP contribution in [0.25, 0.3) is 5.95 Å². The molecule has 1 aromatic carbocycles. The zero-order valence-corrected chi connectivity index (χ0v) is 15.3. The summed E-state index contributed by atoms with van der Waals surface area (Å²) in [5.74, 6) is 2.31. The van der Waals surface area contributed by atoms with Crippen LogP contribution in [0.15, 0.2) is 36.9 Å². The molecular formula is C17H22N6O2S. The molecule has 26 heavy (non-hydrogen) atoms. The Kier molecular flexibility index (Phi) is 4.98. The Bertz CT molecular complexity index is 857. The summed E-state index contributed by atoms with van der Waals surface area (Å²) in [6, 6.07) is 6.05. The second kappa shape index (κ2) is 7.71. The number of hydrogen-bond donors (Lipinski definition) is 1. The summed E-state index contributed by atoms with van der Waals surface area (Å²) in [4.78, 5) is 10.7. The fourth-order valence-electron chi connectivity index (χ4n) is 2.67. The van der Waals surface area contributed by atoms with Gasteiger partial charge in [0.25, 0.3) is 0 Å². The van der Waals surface area contributed by atoms with Gasteiger partial charge in [-0.25, -0.2) is 4.98 Å². The Labute approximate surface area is 157 Å². The standard InChI is InChI=1S/C17H20N6O2S.H2/c1-22(17-20-16(21-26-17)23-8-6-19-11-23)7-2-5-18-10-13-3-4-14-15(9-13)25-12-24-14;/h3-4,6,8-9,11,18H,2,5,7,10,12H2,1H3;1H. The van der Waals surface area contributed by atoms with Crippen molar-refractivity contribution in [1.82, 2.24) is 24.2 Å². The number of benzene rings is 1. The van der Waals surface area contributed by atoms with Gasteiger partial charge in [0, 0.05) is 45.5 Å². The first-order valence-corrected chi connectivity index (χ1v) is 9.19. The maximum atomic E-state index is 5.40. The van der Waals surface area contributed by atoms with Crippen molar-refractivity contribution < 1.29 is 10.9 Å². The van der Waals surface area contributed by atoms with Gasteiger partial charge in [0.1, 0.15) is 6.33 Å². The Balaban J connectivity index is 0.00000210. The molecule has 0 aliphatic carbocycles. The number of nitrogens with one attached hydrogen (secondary N) is 1. The van der Waals surface area contributed by atoms with Gasteiger partial charge in [-0.1, -0.05) is 6.07 Å². The van der Waals surface area contributed by atoms with E-state index in [-0.39, 0.29) is 1.43 Å². The lowest BCUT2D eigenvalue weighted by Gasteiger charge is -2.15. The minimum Gasteiger partial charge on any atom is -0.454 e. The number of aromatic nitrogens is 4. The van der Waals surface area contributed by atoms with E-state index in [4.69, 9.17) is 9.47 Å². The fourth-order valence-corrected chi connectivity index (χ4v) is 3.32. The predicted molar refractivity (Wildman–Crippen MR) is 101 cm³/mol. The van der Waals surface area contributed by atoms with Crippen LogP contribution < -0.4 is 19.7 Å². The number of fused-ring (bicyclic) bond motifs is 1. The van der Waals surface area contributed by atoms with Crippen molar-refractivity contribution in [3.8, 4) is 17.4 Å². The molecule has 0 bridgehead atoms. The monoisotopic (exact) mass is 374 g/mol. The summed E-state index contributed by atoms with van der Waals surface area (Å²) in [6.07, 6.45) is 6.27. The minimum atomic E-state index is 0. The van der Waals surface area contributed by atoms with Crippen LogP contribution in [0, 0.1) is 0 Å². The highest BCUT2D eigenvalue weighted by Crippen LogP contribution is 2.32. The number of rotatable bonds is 8. The Morgan fingerprint density at radius 3 is 3.15 bits per heavy atom. The van der Waals surface area contributed by atoms with Gasteiger partial charge < -0.3 is 19.7 Å². The molecule has 1 aliphatic rings. The smallest absolute Gasteiger partial charge is 0.248 e. The highest BCUT2D eigenvalue weighted by molar-refractivity contribution is 7.09. The second-order valence-electron chi connectivity index (χ2n) is 5.99. The molecular weight excluding hydrogens is 352 g/mol. The summed E-state index contributed by atoms with van der Waals surface area (Å²) >= 11 is 1.40. The van der Waals surface area contributed by atoms with Crippen molar-refractivity contribution >= 4 is 16.7 Å². The van der Waals surface area contributed by atoms with Gasteiger partial charge in [0.2, 0.25) is 17.9 Å². The first-order chi connectivity index (χ1) is 12.8. The van der Waals surface area contributed by atoms with Crippen LogP contribution in [0.4, 0.5) is 5.13 Å². The van der Waals surface area contributed by atoms with E-state index in [1.165, 1.54) is 17.1 Å². The molecule has 4 rings (SSSR count). The van der Waals surface area contributed by atoms with Crippen LogP contribution in [0.5, 0.6) is 11.5 Å². The molecule has 3 aromatic rings. The largest absolute Gasteiger partial charge is 0.454 e. The number of anilines is 1. The van der Waals surface area contributed by atoms with Gasteiger partial charge in [-0.05, 0) is 30.7 Å². The molecule has 0 amide bonds. The molecule has 0 saturated heterocycles. The highest BCUT2D eigenvalue weighted by atomic mass is 32.1. The molecule has 0 saturated carbocycles. The van der Waals surface area contributed by atoms with Crippen molar-refractivity contribution in [3.05, 3.63) is 42.5 Å². The van der Waals surface area contributed by atoms with Crippen LogP contribution in [0.1, 0.15) is 13.4 Å². The third-order valence-corrected chi connectivity index (χ3v) is 4.90. The summed E-state index contributed by atoms with van der Waals surface area (Å²) in [5.41, 5.74) is 1.19. The van der Waals surface area contributed by atoms with E-state index >= 15 is 0 Å². The summed E-state index contributed by atoms with van der Waals surface area (Å²) in [7, 11) is 2.04. The topological polar surface area (TPSA) is 77.3 Å². The molecule has 8 nitrogen and oxygen atoms in total. The molecule has 3 heterocycles. The zero-order valence-electron chi connectivity index (χ0n) is 14.5. The number of ether oxygens (including phenoxy) is 2. The summed E-state index contributed by atoms with van der Waals surface area (Å²) in [6.45, 7) is 2.95. The minimum absolute atomic E-state index is 0. The molecule has 1 N–H and O–H groups in total. The average Bonchev–Trinajstić information content (AvgIpc) is 3.41. The van der Waals surface area contributed by atoms with Crippen molar-refractivity contribution in [2.45, 2.75) is 13.0 Å². The third-order valence-electron chi connectivity index (χ3n) is 4.08. The lowest BCUT2D eigenvalue weighted by molar-refractivity contribution is 0.174. The van der Waals surface area contributed by atoms with Crippen LogP contribution in [0.2, 0.25) is 0 Å². The van der Waals surface area contributed by atoms with Crippen LogP contribution in [0.3, 0.4) is 0 Å². The molecule has 1 aliphatic heterocycles. The van der Waals surface area contributed by atoms with Crippen LogP contribution in [-0.2, 0) is 6.54 Å². The third kappa shape index (κ3) is 3.78. The first kappa shape index (κ1) is 16.8. The summed E-state index contributed by atoms with van der Waals surface area (Å²) < 4.78 is 16.9.